The molecule has 21 heavy (non-hydrogen) atoms. The van der Waals surface area contributed by atoms with Gasteiger partial charge in [0.1, 0.15) is 4.93 Å². The molecule has 0 aromatic heterocycles. The van der Waals surface area contributed by atoms with Crippen molar-refractivity contribution in [1.29, 1.82) is 0 Å². The maximum atomic E-state index is 12.6. The van der Waals surface area contributed by atoms with Gasteiger partial charge in [-0.1, -0.05) is 0 Å². The predicted molar refractivity (Wildman–Crippen MR) is 78.8 cm³/mol. The van der Waals surface area contributed by atoms with Gasteiger partial charge in [-0.05, 0) is 18.2 Å². The lowest BCUT2D eigenvalue weighted by molar-refractivity contribution is 0.00352. The Hall–Kier alpha value is -1.40. The summed E-state index contributed by atoms with van der Waals surface area (Å²) in [4.78, 5) is 14.5. The van der Waals surface area contributed by atoms with Crippen LogP contribution in [-0.4, -0.2) is 48.0 Å². The van der Waals surface area contributed by atoms with E-state index in [4.69, 9.17) is 14.2 Å². The van der Waals surface area contributed by atoms with Crippen LogP contribution in [0.3, 0.4) is 0 Å². The van der Waals surface area contributed by atoms with Gasteiger partial charge >= 0.3 is 0 Å². The SMILES string of the molecule is O=C(c1ccc2c(c1)OCO2)N1CCC2(CC1)OCCS2. The van der Waals surface area contributed by atoms with E-state index in [1.54, 1.807) is 18.2 Å². The Morgan fingerprint density at radius 3 is 2.76 bits per heavy atom. The normalized spacial score (nSPS) is 22.8. The number of piperidine rings is 1. The summed E-state index contributed by atoms with van der Waals surface area (Å²) in [6.45, 7) is 2.56. The van der Waals surface area contributed by atoms with Gasteiger partial charge in [0.25, 0.3) is 5.91 Å². The lowest BCUT2D eigenvalue weighted by Crippen LogP contribution is -2.45. The van der Waals surface area contributed by atoms with E-state index in [0.29, 0.717) is 17.1 Å². The summed E-state index contributed by atoms with van der Waals surface area (Å²) in [6, 6.07) is 5.38. The largest absolute Gasteiger partial charge is 0.454 e. The molecule has 2 fully saturated rings. The first-order valence-corrected chi connectivity index (χ1v) is 8.21. The van der Waals surface area contributed by atoms with Gasteiger partial charge in [0.05, 0.1) is 6.61 Å². The van der Waals surface area contributed by atoms with E-state index in [-0.39, 0.29) is 17.6 Å². The van der Waals surface area contributed by atoms with Crippen LogP contribution in [0.25, 0.3) is 0 Å². The van der Waals surface area contributed by atoms with Crippen LogP contribution < -0.4 is 9.47 Å². The molecule has 1 amide bonds. The van der Waals surface area contributed by atoms with Crippen LogP contribution in [0.15, 0.2) is 18.2 Å². The number of thioether (sulfide) groups is 1. The summed E-state index contributed by atoms with van der Waals surface area (Å²) in [5.41, 5.74) is 0.662. The summed E-state index contributed by atoms with van der Waals surface area (Å²) in [7, 11) is 0. The second-order valence-electron chi connectivity index (χ2n) is 5.47. The molecule has 3 aliphatic rings. The summed E-state index contributed by atoms with van der Waals surface area (Å²) in [6.07, 6.45) is 1.82. The lowest BCUT2D eigenvalue weighted by Gasteiger charge is -2.37. The van der Waals surface area contributed by atoms with Crippen molar-refractivity contribution in [3.63, 3.8) is 0 Å². The molecule has 4 rings (SSSR count). The molecule has 0 radical (unpaired) electrons. The summed E-state index contributed by atoms with van der Waals surface area (Å²) < 4.78 is 16.5. The number of ether oxygens (including phenoxy) is 3. The van der Waals surface area contributed by atoms with Crippen molar-refractivity contribution in [2.24, 2.45) is 0 Å². The van der Waals surface area contributed by atoms with E-state index in [0.717, 1.165) is 38.3 Å². The monoisotopic (exact) mass is 307 g/mol. The summed E-state index contributed by atoms with van der Waals surface area (Å²) >= 11 is 1.89. The number of likely N-dealkylation sites (tertiary alicyclic amines) is 1. The molecular formula is C15H17NO4S. The highest BCUT2D eigenvalue weighted by Crippen LogP contribution is 2.41. The number of amides is 1. The Morgan fingerprint density at radius 1 is 1.19 bits per heavy atom. The molecule has 1 spiro atoms. The molecule has 0 bridgehead atoms. The number of benzene rings is 1. The Labute approximate surface area is 127 Å². The van der Waals surface area contributed by atoms with Gasteiger partial charge < -0.3 is 19.1 Å². The molecule has 5 nitrogen and oxygen atoms in total. The molecule has 0 unspecified atom stereocenters. The molecule has 0 saturated carbocycles. The molecule has 0 atom stereocenters. The molecule has 0 N–H and O–H groups in total. The fourth-order valence-electron chi connectivity index (χ4n) is 3.05. The zero-order chi connectivity index (χ0) is 14.3. The number of hydrogen-bond acceptors (Lipinski definition) is 5. The minimum absolute atomic E-state index is 0.0360. The Balaban J connectivity index is 1.46. The molecule has 6 heteroatoms. The van der Waals surface area contributed by atoms with E-state index in [9.17, 15) is 4.79 Å². The molecule has 0 aliphatic carbocycles. The maximum absolute atomic E-state index is 12.6. The van der Waals surface area contributed by atoms with Crippen LogP contribution in [0.5, 0.6) is 11.5 Å². The number of carbonyl (C=O) groups excluding carboxylic acids is 1. The van der Waals surface area contributed by atoms with Gasteiger partial charge in [-0.15, -0.1) is 11.8 Å². The highest BCUT2D eigenvalue weighted by molar-refractivity contribution is 8.00. The van der Waals surface area contributed by atoms with E-state index < -0.39 is 0 Å². The van der Waals surface area contributed by atoms with Gasteiger partial charge in [0.2, 0.25) is 6.79 Å². The van der Waals surface area contributed by atoms with Crippen molar-refractivity contribution in [2.75, 3.05) is 32.2 Å². The van der Waals surface area contributed by atoms with E-state index >= 15 is 0 Å². The minimum atomic E-state index is -0.0360. The number of nitrogens with zero attached hydrogens (tertiary/aromatic N) is 1. The first-order valence-electron chi connectivity index (χ1n) is 7.23. The molecule has 1 aromatic carbocycles. The first kappa shape index (κ1) is 13.3. The van der Waals surface area contributed by atoms with Crippen molar-refractivity contribution in [3.05, 3.63) is 23.8 Å². The minimum Gasteiger partial charge on any atom is -0.454 e. The Morgan fingerprint density at radius 2 is 2.00 bits per heavy atom. The number of fused-ring (bicyclic) bond motifs is 1. The summed E-state index contributed by atoms with van der Waals surface area (Å²) in [5.74, 6) is 2.49. The topological polar surface area (TPSA) is 48.0 Å². The van der Waals surface area contributed by atoms with Crippen molar-refractivity contribution >= 4 is 17.7 Å². The molecule has 3 heterocycles. The molecular weight excluding hydrogens is 290 g/mol. The third kappa shape index (κ3) is 2.36. The van der Waals surface area contributed by atoms with Crippen LogP contribution in [0, 0.1) is 0 Å². The second kappa shape index (κ2) is 5.10. The molecule has 3 aliphatic heterocycles. The third-order valence-electron chi connectivity index (χ3n) is 4.25. The smallest absolute Gasteiger partial charge is 0.253 e. The number of carbonyl (C=O) groups is 1. The zero-order valence-corrected chi connectivity index (χ0v) is 12.5. The van der Waals surface area contributed by atoms with E-state index in [2.05, 4.69) is 0 Å². The number of hydrogen-bond donors (Lipinski definition) is 0. The van der Waals surface area contributed by atoms with Crippen LogP contribution in [0.2, 0.25) is 0 Å². The fraction of sp³-hybridized carbons (Fsp3) is 0.533. The van der Waals surface area contributed by atoms with Gasteiger partial charge in [0, 0.05) is 37.2 Å². The van der Waals surface area contributed by atoms with Crippen molar-refractivity contribution in [1.82, 2.24) is 4.90 Å². The molecule has 112 valence electrons. The van der Waals surface area contributed by atoms with Crippen molar-refractivity contribution in [3.8, 4) is 11.5 Å². The van der Waals surface area contributed by atoms with Gasteiger partial charge in [-0.25, -0.2) is 0 Å². The van der Waals surface area contributed by atoms with Gasteiger partial charge in [0.15, 0.2) is 11.5 Å². The molecule has 1 aromatic rings. The Kier molecular flexibility index (Phi) is 3.23. The molecule has 2 saturated heterocycles. The average molecular weight is 307 g/mol. The van der Waals surface area contributed by atoms with Crippen molar-refractivity contribution < 1.29 is 19.0 Å². The van der Waals surface area contributed by atoms with E-state index in [1.165, 1.54) is 0 Å². The van der Waals surface area contributed by atoms with Gasteiger partial charge in [-0.2, -0.15) is 0 Å². The first-order chi connectivity index (χ1) is 10.3. The fourth-order valence-corrected chi connectivity index (χ4v) is 4.22. The summed E-state index contributed by atoms with van der Waals surface area (Å²) in [5, 5.41) is 0. The van der Waals surface area contributed by atoms with Crippen LogP contribution in [0.1, 0.15) is 23.2 Å². The number of rotatable bonds is 1. The van der Waals surface area contributed by atoms with E-state index in [1.807, 2.05) is 16.7 Å². The highest BCUT2D eigenvalue weighted by atomic mass is 32.2. The van der Waals surface area contributed by atoms with Crippen molar-refractivity contribution in [2.45, 2.75) is 17.8 Å². The van der Waals surface area contributed by atoms with Crippen LogP contribution >= 0.6 is 11.8 Å². The van der Waals surface area contributed by atoms with Gasteiger partial charge in [-0.3, -0.25) is 4.79 Å². The lowest BCUT2D eigenvalue weighted by atomic mass is 10.1. The quantitative estimate of drug-likeness (QED) is 0.795. The predicted octanol–water partition coefficient (Wildman–Crippen LogP) is 2.11. The second-order valence-corrected chi connectivity index (χ2v) is 6.91. The van der Waals surface area contributed by atoms with Crippen LogP contribution in [-0.2, 0) is 4.74 Å². The zero-order valence-electron chi connectivity index (χ0n) is 11.7. The Bertz CT molecular complexity index is 561. The standard InChI is InChI=1S/C15H17NO4S/c17-14(11-1-2-12-13(9-11)19-10-18-12)16-5-3-15(4-6-16)20-7-8-21-15/h1-2,9H,3-8,10H2. The highest BCUT2D eigenvalue weighted by Gasteiger charge is 2.40. The van der Waals surface area contributed by atoms with Crippen LogP contribution in [0.4, 0.5) is 0 Å². The third-order valence-corrected chi connectivity index (χ3v) is 5.67. The average Bonchev–Trinajstić information content (AvgIpc) is 3.16. The maximum Gasteiger partial charge on any atom is 0.253 e.